The van der Waals surface area contributed by atoms with E-state index in [1.54, 1.807) is 42.5 Å². The summed E-state index contributed by atoms with van der Waals surface area (Å²) in [5, 5.41) is 2.03. The molecule has 0 saturated heterocycles. The Labute approximate surface area is 189 Å². The van der Waals surface area contributed by atoms with Crippen LogP contribution in [0.5, 0.6) is 0 Å². The topological polar surface area (TPSA) is 84.7 Å². The van der Waals surface area contributed by atoms with Crippen LogP contribution in [-0.2, 0) is 14.9 Å². The molecule has 2 aromatic carbocycles. The molecular formula is C24H22F3N3O3. The van der Waals surface area contributed by atoms with Gasteiger partial charge in [0.15, 0.2) is 0 Å². The average Bonchev–Trinajstić information content (AvgIpc) is 3.08. The highest BCUT2D eigenvalue weighted by molar-refractivity contribution is 6.00. The van der Waals surface area contributed by atoms with E-state index in [-0.39, 0.29) is 13.0 Å². The van der Waals surface area contributed by atoms with Crippen molar-refractivity contribution in [1.29, 1.82) is 0 Å². The molecule has 33 heavy (non-hydrogen) atoms. The molecule has 2 aromatic rings. The van der Waals surface area contributed by atoms with Gasteiger partial charge in [0.2, 0.25) is 5.91 Å². The third kappa shape index (κ3) is 4.33. The minimum atomic E-state index is -4.56. The quantitative estimate of drug-likeness (QED) is 0.722. The summed E-state index contributed by atoms with van der Waals surface area (Å²) in [7, 11) is 0. The summed E-state index contributed by atoms with van der Waals surface area (Å²) in [6, 6.07) is 16.0. The molecule has 0 fully saturated rings. The summed E-state index contributed by atoms with van der Waals surface area (Å²) < 4.78 is 44.1. The van der Waals surface area contributed by atoms with E-state index < -0.39 is 30.1 Å². The summed E-state index contributed by atoms with van der Waals surface area (Å²) in [5.41, 5.74) is 7.30. The van der Waals surface area contributed by atoms with Crippen LogP contribution in [-0.4, -0.2) is 49.3 Å². The fourth-order valence-electron chi connectivity index (χ4n) is 4.37. The lowest BCUT2D eigenvalue weighted by molar-refractivity contribution is -0.141. The number of nitrogens with zero attached hydrogens (tertiary/aromatic N) is 1. The number of fused-ring (bicyclic) bond motifs is 3. The second-order valence-electron chi connectivity index (χ2n) is 7.98. The number of hydrogen-bond donors (Lipinski definition) is 2. The van der Waals surface area contributed by atoms with Gasteiger partial charge in [-0.2, -0.15) is 13.2 Å². The number of carbonyl (C=O) groups is 2. The first-order chi connectivity index (χ1) is 15.7. The molecule has 1 atom stereocenters. The van der Waals surface area contributed by atoms with Gasteiger partial charge >= 0.3 is 12.3 Å². The number of rotatable bonds is 5. The van der Waals surface area contributed by atoms with Crippen LogP contribution in [0.15, 0.2) is 48.2 Å². The summed E-state index contributed by atoms with van der Waals surface area (Å²) in [4.78, 5) is 27.3. The van der Waals surface area contributed by atoms with Gasteiger partial charge in [-0.15, -0.1) is 0 Å². The molecule has 9 heteroatoms. The molecule has 3 N–H and O–H groups in total. The van der Waals surface area contributed by atoms with E-state index in [0.29, 0.717) is 47.5 Å². The molecule has 172 valence electrons. The number of nitrogens with two attached hydrogens (primary N) is 1. The van der Waals surface area contributed by atoms with Crippen LogP contribution in [0.3, 0.4) is 0 Å². The Kier molecular flexibility index (Phi) is 5.93. The van der Waals surface area contributed by atoms with Crippen molar-refractivity contribution in [3.05, 3.63) is 71.4 Å². The maximum Gasteiger partial charge on any atom is 0.410 e. The van der Waals surface area contributed by atoms with Gasteiger partial charge in [0, 0.05) is 37.2 Å². The van der Waals surface area contributed by atoms with Crippen LogP contribution < -0.4 is 11.1 Å². The second kappa shape index (κ2) is 8.70. The van der Waals surface area contributed by atoms with Crippen LogP contribution >= 0.6 is 0 Å². The van der Waals surface area contributed by atoms with E-state index in [0.717, 1.165) is 0 Å². The third-order valence-electron chi connectivity index (χ3n) is 5.96. The minimum Gasteiger partial charge on any atom is -0.449 e. The second-order valence-corrected chi connectivity index (χ2v) is 7.98. The highest BCUT2D eigenvalue weighted by Gasteiger charge is 2.49. The largest absolute Gasteiger partial charge is 0.449 e. The van der Waals surface area contributed by atoms with E-state index >= 15 is 0 Å². The molecule has 0 spiro atoms. The van der Waals surface area contributed by atoms with Gasteiger partial charge < -0.3 is 20.7 Å². The Morgan fingerprint density at radius 2 is 2.00 bits per heavy atom. The molecule has 0 aromatic heterocycles. The predicted octanol–water partition coefficient (Wildman–Crippen LogP) is 3.31. The molecular weight excluding hydrogens is 435 g/mol. The van der Waals surface area contributed by atoms with Crippen molar-refractivity contribution in [2.24, 2.45) is 5.73 Å². The molecule has 4 rings (SSSR count). The van der Waals surface area contributed by atoms with E-state index in [2.05, 4.69) is 12.1 Å². The van der Waals surface area contributed by atoms with Gasteiger partial charge in [0.25, 0.3) is 0 Å². The third-order valence-corrected chi connectivity index (χ3v) is 5.96. The first-order valence-corrected chi connectivity index (χ1v) is 10.5. The number of nitrogens with one attached hydrogen (secondary N) is 1. The molecule has 6 nitrogen and oxygen atoms in total. The van der Waals surface area contributed by atoms with E-state index in [1.807, 2.05) is 5.32 Å². The molecule has 0 radical (unpaired) electrons. The SMILES string of the molecule is NC1=CCN(C(=O)OCCC2(C(=O)NCC(F)(F)F)c3ccc#cc3-c3ccccc32)CC1. The van der Waals surface area contributed by atoms with Crippen LogP contribution in [0.2, 0.25) is 0 Å². The van der Waals surface area contributed by atoms with Crippen LogP contribution in [0.4, 0.5) is 18.0 Å². The number of amides is 2. The zero-order chi connectivity index (χ0) is 23.6. The van der Waals surface area contributed by atoms with Crippen LogP contribution in [0.1, 0.15) is 24.0 Å². The molecule has 2 amide bonds. The van der Waals surface area contributed by atoms with Crippen LogP contribution in [0, 0.1) is 12.1 Å². The molecule has 2 aliphatic rings. The molecule has 1 unspecified atom stereocenters. The Balaban J connectivity index is 1.62. The number of alkyl halides is 3. The first kappa shape index (κ1) is 22.5. The molecule has 1 aliphatic heterocycles. The number of benzene rings is 1. The molecule has 1 aliphatic carbocycles. The monoisotopic (exact) mass is 457 g/mol. The number of hydrogen-bond acceptors (Lipinski definition) is 4. The maximum atomic E-state index is 13.3. The average molecular weight is 457 g/mol. The zero-order valence-electron chi connectivity index (χ0n) is 17.7. The Morgan fingerprint density at radius 3 is 2.73 bits per heavy atom. The van der Waals surface area contributed by atoms with Gasteiger partial charge in [0.1, 0.15) is 12.0 Å². The Bertz CT molecular complexity index is 1050. The Morgan fingerprint density at radius 1 is 1.21 bits per heavy atom. The fraction of sp³-hybridized carbons (Fsp3) is 0.333. The van der Waals surface area contributed by atoms with Crippen molar-refractivity contribution in [1.82, 2.24) is 10.2 Å². The van der Waals surface area contributed by atoms with E-state index in [9.17, 15) is 22.8 Å². The van der Waals surface area contributed by atoms with E-state index in [4.69, 9.17) is 10.5 Å². The molecule has 1 heterocycles. The number of carbonyl (C=O) groups excluding carboxylic acids is 2. The maximum absolute atomic E-state index is 13.3. The Hall–Kier alpha value is -3.67. The van der Waals surface area contributed by atoms with E-state index in [1.165, 1.54) is 4.90 Å². The highest BCUT2D eigenvalue weighted by atomic mass is 19.4. The van der Waals surface area contributed by atoms with Crippen molar-refractivity contribution < 1.29 is 27.5 Å². The number of halogens is 3. The summed E-state index contributed by atoms with van der Waals surface area (Å²) >= 11 is 0. The summed E-state index contributed by atoms with van der Waals surface area (Å²) in [6.45, 7) is -0.900. The molecule has 0 bridgehead atoms. The molecule has 0 saturated carbocycles. The van der Waals surface area contributed by atoms with Crippen molar-refractivity contribution in [3.63, 3.8) is 0 Å². The van der Waals surface area contributed by atoms with Gasteiger partial charge in [-0.1, -0.05) is 36.4 Å². The highest BCUT2D eigenvalue weighted by Crippen LogP contribution is 2.50. The van der Waals surface area contributed by atoms with Crippen molar-refractivity contribution in [2.45, 2.75) is 24.4 Å². The first-order valence-electron chi connectivity index (χ1n) is 10.5. The van der Waals surface area contributed by atoms with Crippen molar-refractivity contribution >= 4 is 12.0 Å². The summed E-state index contributed by atoms with van der Waals surface area (Å²) in [5.74, 6) is -0.810. The standard InChI is InChI=1S/C24H22F3N3O3/c25-24(26,27)15-29-21(31)23(11-14-33-22(32)30-12-9-16(28)10-13-30)19-7-3-1-5-17(19)18-6-2-4-8-20(18)23/h1,3-5,7-9H,10-15,28H2,(H,29,31). The van der Waals surface area contributed by atoms with Gasteiger partial charge in [-0.25, -0.2) is 4.79 Å². The lowest BCUT2D eigenvalue weighted by Gasteiger charge is -2.31. The van der Waals surface area contributed by atoms with Crippen LogP contribution in [0.25, 0.3) is 11.1 Å². The fourth-order valence-corrected chi connectivity index (χ4v) is 4.37. The lowest BCUT2D eigenvalue weighted by Crippen LogP contribution is -2.48. The van der Waals surface area contributed by atoms with Crippen molar-refractivity contribution in [3.8, 4) is 11.1 Å². The normalized spacial score (nSPS) is 16.2. The van der Waals surface area contributed by atoms with Gasteiger partial charge in [0.05, 0.1) is 6.61 Å². The van der Waals surface area contributed by atoms with Crippen molar-refractivity contribution in [2.75, 3.05) is 26.2 Å². The van der Waals surface area contributed by atoms with Gasteiger partial charge in [-0.3, -0.25) is 4.79 Å². The van der Waals surface area contributed by atoms with Gasteiger partial charge in [-0.05, 0) is 34.9 Å². The predicted molar refractivity (Wildman–Crippen MR) is 114 cm³/mol. The zero-order valence-corrected chi connectivity index (χ0v) is 17.7. The smallest absolute Gasteiger partial charge is 0.410 e. The minimum absolute atomic E-state index is 0.0316. The lowest BCUT2D eigenvalue weighted by atomic mass is 9.74. The summed E-state index contributed by atoms with van der Waals surface area (Å²) in [6.07, 6.45) is -2.90. The number of ether oxygens (including phenoxy) is 1.